The van der Waals surface area contributed by atoms with Gasteiger partial charge in [0.15, 0.2) is 5.96 Å². The molecule has 7 nitrogen and oxygen atoms in total. The lowest BCUT2D eigenvalue weighted by atomic mass is 10.1. The zero-order valence-electron chi connectivity index (χ0n) is 20.3. The maximum atomic E-state index is 12.5. The van der Waals surface area contributed by atoms with Crippen molar-refractivity contribution in [3.8, 4) is 0 Å². The zero-order chi connectivity index (χ0) is 23.7. The fourth-order valence-electron chi connectivity index (χ4n) is 3.37. The molecule has 0 saturated carbocycles. The summed E-state index contributed by atoms with van der Waals surface area (Å²) in [6, 6.07) is 17.9. The third-order valence-corrected chi connectivity index (χ3v) is 4.90. The minimum atomic E-state index is -0.277. The molecule has 0 fully saturated rings. The van der Waals surface area contributed by atoms with Crippen LogP contribution in [0.1, 0.15) is 54.7 Å². The fraction of sp³-hybridized carbons (Fsp3) is 0.346. The first-order valence-electron chi connectivity index (χ1n) is 11.3. The number of carbonyl (C=O) groups is 1. The molecule has 1 aromatic heterocycles. The van der Waals surface area contributed by atoms with Gasteiger partial charge in [-0.3, -0.25) is 9.48 Å². The highest BCUT2D eigenvalue weighted by molar-refractivity contribution is 14.0. The summed E-state index contributed by atoms with van der Waals surface area (Å²) in [5.74, 6) is 0.656. The van der Waals surface area contributed by atoms with E-state index in [9.17, 15) is 4.79 Å². The van der Waals surface area contributed by atoms with Gasteiger partial charge >= 0.3 is 0 Å². The predicted molar refractivity (Wildman–Crippen MR) is 149 cm³/mol. The van der Waals surface area contributed by atoms with Crippen molar-refractivity contribution < 1.29 is 4.79 Å². The average molecular weight is 575 g/mol. The molecule has 0 atom stereocenters. The molecule has 1 heterocycles. The Morgan fingerprint density at radius 1 is 1.03 bits per heavy atom. The van der Waals surface area contributed by atoms with Gasteiger partial charge in [0.25, 0.3) is 5.91 Å². The van der Waals surface area contributed by atoms with Crippen LogP contribution in [-0.4, -0.2) is 33.7 Å². The Kier molecular flexibility index (Phi) is 10.6. The molecular weight excluding hydrogens is 539 g/mol. The third-order valence-electron chi connectivity index (χ3n) is 4.90. The second-order valence-electron chi connectivity index (χ2n) is 8.93. The fourth-order valence-corrected chi connectivity index (χ4v) is 3.37. The molecule has 0 aliphatic rings. The molecule has 0 spiro atoms. The summed E-state index contributed by atoms with van der Waals surface area (Å²) in [4.78, 5) is 17.2. The van der Waals surface area contributed by atoms with Crippen molar-refractivity contribution in [1.82, 2.24) is 25.7 Å². The lowest BCUT2D eigenvalue weighted by molar-refractivity contribution is 0.0919. The Morgan fingerprint density at radius 2 is 1.79 bits per heavy atom. The molecule has 34 heavy (non-hydrogen) atoms. The Labute approximate surface area is 219 Å². The van der Waals surface area contributed by atoms with E-state index in [4.69, 9.17) is 4.99 Å². The van der Waals surface area contributed by atoms with E-state index < -0.39 is 0 Å². The molecule has 1 amide bonds. The largest absolute Gasteiger partial charge is 0.357 e. The maximum absolute atomic E-state index is 12.5. The first kappa shape index (κ1) is 27.4. The summed E-state index contributed by atoms with van der Waals surface area (Å²) in [7, 11) is 0. The van der Waals surface area contributed by atoms with Gasteiger partial charge in [0, 0.05) is 36.6 Å². The number of benzene rings is 2. The van der Waals surface area contributed by atoms with Gasteiger partial charge in [-0.1, -0.05) is 36.4 Å². The average Bonchev–Trinajstić information content (AvgIpc) is 3.29. The minimum Gasteiger partial charge on any atom is -0.357 e. The van der Waals surface area contributed by atoms with E-state index >= 15 is 0 Å². The van der Waals surface area contributed by atoms with Crippen LogP contribution in [0.25, 0.3) is 0 Å². The van der Waals surface area contributed by atoms with Gasteiger partial charge in [-0.05, 0) is 62.6 Å². The summed E-state index contributed by atoms with van der Waals surface area (Å²) in [6.07, 6.45) is 3.75. The Hall–Kier alpha value is -2.88. The number of aromatic nitrogens is 2. The van der Waals surface area contributed by atoms with Crippen LogP contribution >= 0.6 is 24.0 Å². The van der Waals surface area contributed by atoms with Crippen molar-refractivity contribution in [1.29, 1.82) is 0 Å². The number of amides is 1. The van der Waals surface area contributed by atoms with E-state index in [-0.39, 0.29) is 35.4 Å². The van der Waals surface area contributed by atoms with Crippen LogP contribution < -0.4 is 16.0 Å². The number of nitrogens with zero attached hydrogens (tertiary/aromatic N) is 3. The van der Waals surface area contributed by atoms with E-state index in [1.807, 2.05) is 81.0 Å². The SMILES string of the molecule is CCNC(=NCc1cccc(C(=O)NC(C)(C)C)c1)NCc1ccccc1Cn1cccn1.I. The van der Waals surface area contributed by atoms with Crippen LogP contribution in [0.3, 0.4) is 0 Å². The van der Waals surface area contributed by atoms with E-state index in [2.05, 4.69) is 33.2 Å². The number of rotatable bonds is 8. The molecule has 3 aromatic rings. The number of nitrogens with one attached hydrogen (secondary N) is 3. The van der Waals surface area contributed by atoms with E-state index in [0.717, 1.165) is 24.6 Å². The highest BCUT2D eigenvalue weighted by Gasteiger charge is 2.15. The molecule has 2 aromatic carbocycles. The first-order chi connectivity index (χ1) is 15.8. The van der Waals surface area contributed by atoms with Crippen LogP contribution in [0.15, 0.2) is 72.0 Å². The Bertz CT molecular complexity index is 1070. The predicted octanol–water partition coefficient (Wildman–Crippen LogP) is 4.33. The van der Waals surface area contributed by atoms with Gasteiger partial charge in [0.05, 0.1) is 13.1 Å². The van der Waals surface area contributed by atoms with Crippen LogP contribution in [-0.2, 0) is 19.6 Å². The highest BCUT2D eigenvalue weighted by atomic mass is 127. The zero-order valence-corrected chi connectivity index (χ0v) is 22.7. The number of aliphatic imine (C=N–C) groups is 1. The van der Waals surface area contributed by atoms with Crippen LogP contribution in [0.2, 0.25) is 0 Å². The molecule has 3 N–H and O–H groups in total. The minimum absolute atomic E-state index is 0. The highest BCUT2D eigenvalue weighted by Crippen LogP contribution is 2.11. The summed E-state index contributed by atoms with van der Waals surface area (Å²) in [5, 5.41) is 14.0. The maximum Gasteiger partial charge on any atom is 0.251 e. The van der Waals surface area contributed by atoms with E-state index in [1.54, 1.807) is 6.20 Å². The lowest BCUT2D eigenvalue weighted by Crippen LogP contribution is -2.40. The lowest BCUT2D eigenvalue weighted by Gasteiger charge is -2.20. The molecule has 182 valence electrons. The van der Waals surface area contributed by atoms with Crippen LogP contribution in [0.4, 0.5) is 0 Å². The van der Waals surface area contributed by atoms with Crippen molar-refractivity contribution in [2.24, 2.45) is 4.99 Å². The summed E-state index contributed by atoms with van der Waals surface area (Å²) >= 11 is 0. The van der Waals surface area contributed by atoms with Gasteiger partial charge in [-0.15, -0.1) is 24.0 Å². The topological polar surface area (TPSA) is 83.3 Å². The van der Waals surface area contributed by atoms with Gasteiger partial charge < -0.3 is 16.0 Å². The molecule has 0 radical (unpaired) electrons. The molecule has 8 heteroatoms. The second-order valence-corrected chi connectivity index (χ2v) is 8.93. The van der Waals surface area contributed by atoms with Crippen molar-refractivity contribution >= 4 is 35.8 Å². The van der Waals surface area contributed by atoms with Crippen molar-refractivity contribution in [2.45, 2.75) is 52.9 Å². The molecule has 0 unspecified atom stereocenters. The number of hydrogen-bond acceptors (Lipinski definition) is 3. The monoisotopic (exact) mass is 574 g/mol. The smallest absolute Gasteiger partial charge is 0.251 e. The Morgan fingerprint density at radius 3 is 2.47 bits per heavy atom. The van der Waals surface area contributed by atoms with Gasteiger partial charge in [-0.25, -0.2) is 4.99 Å². The summed E-state index contributed by atoms with van der Waals surface area (Å²) in [5.41, 5.74) is 3.75. The quantitative estimate of drug-likeness (QED) is 0.213. The van der Waals surface area contributed by atoms with Crippen LogP contribution in [0, 0.1) is 0 Å². The van der Waals surface area contributed by atoms with Gasteiger partial charge in [0.1, 0.15) is 0 Å². The van der Waals surface area contributed by atoms with Crippen molar-refractivity contribution in [2.75, 3.05) is 6.54 Å². The van der Waals surface area contributed by atoms with Crippen molar-refractivity contribution in [3.63, 3.8) is 0 Å². The second kappa shape index (κ2) is 13.1. The van der Waals surface area contributed by atoms with Crippen molar-refractivity contribution in [3.05, 3.63) is 89.2 Å². The molecule has 0 saturated heterocycles. The normalized spacial score (nSPS) is 11.5. The summed E-state index contributed by atoms with van der Waals surface area (Å²) in [6.45, 7) is 10.6. The number of hydrogen-bond donors (Lipinski definition) is 3. The van der Waals surface area contributed by atoms with E-state index in [1.165, 1.54) is 11.1 Å². The van der Waals surface area contributed by atoms with E-state index in [0.29, 0.717) is 18.7 Å². The third kappa shape index (κ3) is 8.81. The molecule has 0 bridgehead atoms. The molecular formula is C26H35IN6O. The molecule has 0 aliphatic heterocycles. The molecule has 0 aliphatic carbocycles. The first-order valence-corrected chi connectivity index (χ1v) is 11.3. The number of carbonyl (C=O) groups excluding carboxylic acids is 1. The Balaban J connectivity index is 0.00000408. The van der Waals surface area contributed by atoms with Crippen LogP contribution in [0.5, 0.6) is 0 Å². The van der Waals surface area contributed by atoms with Gasteiger partial charge in [-0.2, -0.15) is 5.10 Å². The summed E-state index contributed by atoms with van der Waals surface area (Å²) < 4.78 is 1.92. The van der Waals surface area contributed by atoms with Gasteiger partial charge in [0.2, 0.25) is 0 Å². The number of halogens is 1. The number of guanidine groups is 1. The molecule has 3 rings (SSSR count). The standard InChI is InChI=1S/C26H34N6O.HI/c1-5-27-25(28-17-20-10-8-13-21(16-20)24(33)31-26(2,3)4)29-18-22-11-6-7-12-23(22)19-32-15-9-14-30-32;/h6-16H,5,17-19H2,1-4H3,(H,31,33)(H2,27,28,29);1H.